The molecule has 4 aromatic carbocycles. The number of rotatable bonds is 14. The molecule has 4 aromatic rings. The van der Waals surface area contributed by atoms with Crippen LogP contribution in [0, 0.1) is 0 Å². The Kier molecular flexibility index (Phi) is 6.56. The van der Waals surface area contributed by atoms with E-state index in [4.69, 9.17) is 37.9 Å². The van der Waals surface area contributed by atoms with E-state index in [1.807, 2.05) is 24.3 Å². The second kappa shape index (κ2) is 10.7. The largest absolute Gasteiger partial charge is 0.487 e. The van der Waals surface area contributed by atoms with Gasteiger partial charge < -0.3 is 37.9 Å². The molecule has 8 rings (SSSR count). The van der Waals surface area contributed by atoms with E-state index < -0.39 is 0 Å². The number of hydrogen-bond acceptors (Lipinski definition) is 8. The van der Waals surface area contributed by atoms with Crippen LogP contribution >= 0.6 is 0 Å². The first-order chi connectivity index (χ1) is 20.3. The molecule has 4 heterocycles. The van der Waals surface area contributed by atoms with Crippen molar-refractivity contribution in [3.05, 3.63) is 71.8 Å². The summed E-state index contributed by atoms with van der Waals surface area (Å²) in [6, 6.07) is 20.9. The Bertz CT molecular complexity index is 1450. The molecule has 4 aliphatic rings. The van der Waals surface area contributed by atoms with Crippen molar-refractivity contribution in [2.45, 2.75) is 30.8 Å². The fourth-order valence-corrected chi connectivity index (χ4v) is 5.14. The Balaban J connectivity index is 1.24. The summed E-state index contributed by atoms with van der Waals surface area (Å²) in [5.41, 5.74) is 2.02. The van der Waals surface area contributed by atoms with Crippen LogP contribution in [0.15, 0.2) is 60.7 Å². The molecule has 0 spiro atoms. The fraction of sp³-hybridized carbons (Fsp3) is 0.394. The highest BCUT2D eigenvalue weighted by atomic mass is 16.6. The molecule has 8 nitrogen and oxygen atoms in total. The molecule has 4 aliphatic heterocycles. The van der Waals surface area contributed by atoms with Crippen LogP contribution in [0.4, 0.5) is 0 Å². The van der Waals surface area contributed by atoms with E-state index in [1.165, 1.54) is 0 Å². The number of fused-ring (bicyclic) bond motifs is 2. The van der Waals surface area contributed by atoms with E-state index in [0.717, 1.165) is 68.9 Å². The van der Waals surface area contributed by atoms with Gasteiger partial charge in [-0.15, -0.1) is 0 Å². The maximum absolute atomic E-state index is 6.48. The van der Waals surface area contributed by atoms with Gasteiger partial charge in [-0.3, -0.25) is 0 Å². The van der Waals surface area contributed by atoms with Crippen LogP contribution < -0.4 is 18.9 Å². The second-order valence-electron chi connectivity index (χ2n) is 11.1. The molecule has 0 bridgehead atoms. The van der Waals surface area contributed by atoms with Crippen molar-refractivity contribution in [2.75, 3.05) is 52.9 Å². The predicted molar refractivity (Wildman–Crippen MR) is 152 cm³/mol. The third kappa shape index (κ3) is 5.78. The Hall–Kier alpha value is -3.56. The maximum Gasteiger partial charge on any atom is 0.169 e. The van der Waals surface area contributed by atoms with Crippen molar-refractivity contribution in [3.63, 3.8) is 0 Å². The number of benzene rings is 4. The molecule has 4 fully saturated rings. The molecule has 0 aromatic heterocycles. The van der Waals surface area contributed by atoms with Crippen LogP contribution in [0.1, 0.15) is 11.1 Å². The Morgan fingerprint density at radius 3 is 1.20 bits per heavy atom. The lowest BCUT2D eigenvalue weighted by Gasteiger charge is -2.21. The third-order valence-corrected chi connectivity index (χ3v) is 7.71. The number of ether oxygens (including phenoxy) is 8. The van der Waals surface area contributed by atoms with Crippen molar-refractivity contribution in [3.8, 4) is 23.0 Å². The van der Waals surface area contributed by atoms with Gasteiger partial charge in [0.1, 0.15) is 50.8 Å². The average molecular weight is 557 g/mol. The molecule has 0 aliphatic carbocycles. The zero-order valence-electron chi connectivity index (χ0n) is 22.7. The van der Waals surface area contributed by atoms with E-state index in [1.54, 1.807) is 0 Å². The minimum atomic E-state index is 0.108. The van der Waals surface area contributed by atoms with Gasteiger partial charge in [-0.2, -0.15) is 0 Å². The molecule has 0 N–H and O–H groups in total. The van der Waals surface area contributed by atoms with Gasteiger partial charge in [0.25, 0.3) is 0 Å². The van der Waals surface area contributed by atoms with Crippen molar-refractivity contribution >= 4 is 21.5 Å². The molecular weight excluding hydrogens is 524 g/mol. The highest BCUT2D eigenvalue weighted by Gasteiger charge is 2.30. The second-order valence-corrected chi connectivity index (χ2v) is 11.1. The molecule has 8 heteroatoms. The van der Waals surface area contributed by atoms with Crippen LogP contribution in [0.25, 0.3) is 21.5 Å². The summed E-state index contributed by atoms with van der Waals surface area (Å²) in [6.45, 7) is 4.78. The summed E-state index contributed by atoms with van der Waals surface area (Å²) in [7, 11) is 0. The first-order valence-corrected chi connectivity index (χ1v) is 14.4. The number of epoxide rings is 4. The summed E-state index contributed by atoms with van der Waals surface area (Å²) in [5, 5.41) is 4.19. The van der Waals surface area contributed by atoms with E-state index in [0.29, 0.717) is 46.1 Å². The van der Waals surface area contributed by atoms with Gasteiger partial charge in [0, 0.05) is 28.3 Å². The Morgan fingerprint density at radius 1 is 0.488 bits per heavy atom. The van der Waals surface area contributed by atoms with Gasteiger partial charge >= 0.3 is 0 Å². The normalized spacial score (nSPS) is 23.8. The first kappa shape index (κ1) is 25.2. The van der Waals surface area contributed by atoms with Crippen molar-refractivity contribution in [1.82, 2.24) is 0 Å². The van der Waals surface area contributed by atoms with Crippen LogP contribution in [0.3, 0.4) is 0 Å². The van der Waals surface area contributed by atoms with Crippen molar-refractivity contribution in [1.29, 1.82) is 0 Å². The number of hydrogen-bond donors (Lipinski definition) is 0. The lowest BCUT2D eigenvalue weighted by Crippen LogP contribution is -2.12. The summed E-state index contributed by atoms with van der Waals surface area (Å²) in [6.07, 6.45) is 1.02. The standard InChI is InChI=1S/C33H32O8/c1-3-7-28-20(5-1)9-22(30(38-16-24-12-34-24)32(28)40-18-26-14-36-26)11-23-10-21-6-2-4-8-29(21)33(41-19-27-15-37-27)31(23)39-17-25-13-35-25/h1-10,24-27H,11-19H2. The summed E-state index contributed by atoms with van der Waals surface area (Å²) >= 11 is 0. The Labute approximate surface area is 237 Å². The molecule has 4 saturated heterocycles. The van der Waals surface area contributed by atoms with E-state index in [2.05, 4.69) is 36.4 Å². The third-order valence-electron chi connectivity index (χ3n) is 7.71. The smallest absolute Gasteiger partial charge is 0.169 e. The molecule has 4 atom stereocenters. The van der Waals surface area contributed by atoms with Crippen LogP contribution in [-0.4, -0.2) is 77.3 Å². The van der Waals surface area contributed by atoms with E-state index >= 15 is 0 Å². The van der Waals surface area contributed by atoms with Crippen LogP contribution in [0.5, 0.6) is 23.0 Å². The monoisotopic (exact) mass is 556 g/mol. The summed E-state index contributed by atoms with van der Waals surface area (Å²) < 4.78 is 47.6. The highest BCUT2D eigenvalue weighted by Crippen LogP contribution is 2.45. The zero-order chi connectivity index (χ0) is 27.2. The maximum atomic E-state index is 6.48. The van der Waals surface area contributed by atoms with Gasteiger partial charge in [-0.25, -0.2) is 0 Å². The lowest BCUT2D eigenvalue weighted by molar-refractivity contribution is 0.227. The van der Waals surface area contributed by atoms with Gasteiger partial charge in [-0.1, -0.05) is 48.5 Å². The van der Waals surface area contributed by atoms with Crippen LogP contribution in [0.2, 0.25) is 0 Å². The minimum Gasteiger partial charge on any atom is -0.487 e. The zero-order valence-corrected chi connectivity index (χ0v) is 22.7. The van der Waals surface area contributed by atoms with E-state index in [9.17, 15) is 0 Å². The molecule has 4 unspecified atom stereocenters. The molecule has 0 radical (unpaired) electrons. The van der Waals surface area contributed by atoms with Crippen molar-refractivity contribution in [2.24, 2.45) is 0 Å². The summed E-state index contributed by atoms with van der Waals surface area (Å²) in [4.78, 5) is 0. The topological polar surface area (TPSA) is 87.0 Å². The SMILES string of the molecule is c1ccc2c(OCC3CO3)c(OCC3CO3)c(Cc3cc4ccccc4c(OCC4CO4)c3OCC3CO3)cc2c1. The van der Waals surface area contributed by atoms with Gasteiger partial charge in [-0.05, 0) is 22.9 Å². The molecule has 212 valence electrons. The van der Waals surface area contributed by atoms with Crippen molar-refractivity contribution < 1.29 is 37.9 Å². The molecule has 0 amide bonds. The lowest BCUT2D eigenvalue weighted by atomic mass is 9.96. The average Bonchev–Trinajstić information content (AvgIpc) is 3.82. The molecule has 41 heavy (non-hydrogen) atoms. The summed E-state index contributed by atoms with van der Waals surface area (Å²) in [5.74, 6) is 2.95. The van der Waals surface area contributed by atoms with Gasteiger partial charge in [0.05, 0.1) is 26.4 Å². The fourth-order valence-electron chi connectivity index (χ4n) is 5.14. The first-order valence-electron chi connectivity index (χ1n) is 14.4. The van der Waals surface area contributed by atoms with E-state index in [-0.39, 0.29) is 24.4 Å². The quantitative estimate of drug-likeness (QED) is 0.207. The molecular formula is C33H32O8. The Morgan fingerprint density at radius 2 is 0.829 bits per heavy atom. The van der Waals surface area contributed by atoms with Gasteiger partial charge in [0.2, 0.25) is 0 Å². The predicted octanol–water partition coefficient (Wildman–Crippen LogP) is 4.69. The van der Waals surface area contributed by atoms with Gasteiger partial charge in [0.15, 0.2) is 23.0 Å². The highest BCUT2D eigenvalue weighted by molar-refractivity contribution is 5.94. The van der Waals surface area contributed by atoms with Crippen LogP contribution in [-0.2, 0) is 25.4 Å². The molecule has 0 saturated carbocycles. The minimum absolute atomic E-state index is 0.108.